The third-order valence-electron chi connectivity index (χ3n) is 2.80. The summed E-state index contributed by atoms with van der Waals surface area (Å²) in [5.74, 6) is -0.117. The van der Waals surface area contributed by atoms with E-state index in [1.165, 1.54) is 11.3 Å². The van der Waals surface area contributed by atoms with Crippen LogP contribution in [0.25, 0.3) is 0 Å². The summed E-state index contributed by atoms with van der Waals surface area (Å²) in [6.07, 6.45) is 0. The molecule has 0 aliphatic rings. The lowest BCUT2D eigenvalue weighted by Crippen LogP contribution is -2.32. The molecule has 1 heterocycles. The molecule has 6 heteroatoms. The second-order valence-electron chi connectivity index (χ2n) is 4.61. The van der Waals surface area contributed by atoms with Crippen molar-refractivity contribution in [3.8, 4) is 0 Å². The summed E-state index contributed by atoms with van der Waals surface area (Å²) in [5.41, 5.74) is 2.80. The fourth-order valence-corrected chi connectivity index (χ4v) is 2.63. The van der Waals surface area contributed by atoms with E-state index in [-0.39, 0.29) is 11.9 Å². The first-order valence-corrected chi connectivity index (χ1v) is 7.47. The minimum absolute atomic E-state index is 0.117. The van der Waals surface area contributed by atoms with Crippen LogP contribution in [0.1, 0.15) is 18.2 Å². The number of benzene rings is 1. The van der Waals surface area contributed by atoms with Crippen LogP contribution in [-0.2, 0) is 4.79 Å². The highest BCUT2D eigenvalue weighted by Crippen LogP contribution is 2.21. The smallest absolute Gasteiger partial charge is 0.248 e. The number of amides is 1. The molecular formula is C14H16ClN3OS. The Morgan fingerprint density at radius 3 is 2.75 bits per heavy atom. The molecule has 1 aromatic carbocycles. The SMILES string of the molecule is Cc1csc(NC(=O)[C@@H](C)Nc2ccc(Cl)cc2C)n1. The third-order valence-corrected chi connectivity index (χ3v) is 3.91. The van der Waals surface area contributed by atoms with Crippen LogP contribution >= 0.6 is 22.9 Å². The quantitative estimate of drug-likeness (QED) is 0.902. The topological polar surface area (TPSA) is 54.0 Å². The number of carbonyl (C=O) groups excluding carboxylic acids is 1. The van der Waals surface area contributed by atoms with Crippen LogP contribution in [0.5, 0.6) is 0 Å². The van der Waals surface area contributed by atoms with E-state index in [4.69, 9.17) is 11.6 Å². The predicted molar refractivity (Wildman–Crippen MR) is 84.8 cm³/mol. The largest absolute Gasteiger partial charge is 0.374 e. The van der Waals surface area contributed by atoms with Gasteiger partial charge >= 0.3 is 0 Å². The second kappa shape index (κ2) is 6.24. The first-order valence-electron chi connectivity index (χ1n) is 6.21. The van der Waals surface area contributed by atoms with Crippen LogP contribution in [0.15, 0.2) is 23.6 Å². The van der Waals surface area contributed by atoms with E-state index >= 15 is 0 Å². The Kier molecular flexibility index (Phi) is 4.62. The molecule has 1 atom stereocenters. The molecule has 2 aromatic rings. The van der Waals surface area contributed by atoms with Crippen LogP contribution in [-0.4, -0.2) is 16.9 Å². The van der Waals surface area contributed by atoms with Crippen molar-refractivity contribution in [1.29, 1.82) is 0 Å². The van der Waals surface area contributed by atoms with E-state index < -0.39 is 0 Å². The lowest BCUT2D eigenvalue weighted by molar-refractivity contribution is -0.116. The molecule has 0 radical (unpaired) electrons. The van der Waals surface area contributed by atoms with Gasteiger partial charge in [0.1, 0.15) is 6.04 Å². The van der Waals surface area contributed by atoms with E-state index in [9.17, 15) is 4.79 Å². The van der Waals surface area contributed by atoms with Gasteiger partial charge in [0.25, 0.3) is 0 Å². The van der Waals surface area contributed by atoms with E-state index in [2.05, 4.69) is 15.6 Å². The minimum Gasteiger partial charge on any atom is -0.374 e. The van der Waals surface area contributed by atoms with Crippen LogP contribution in [0, 0.1) is 13.8 Å². The molecule has 1 amide bonds. The van der Waals surface area contributed by atoms with Gasteiger partial charge in [-0.05, 0) is 44.5 Å². The molecule has 0 unspecified atom stereocenters. The Hall–Kier alpha value is -1.59. The van der Waals surface area contributed by atoms with Crippen LogP contribution in [0.2, 0.25) is 5.02 Å². The highest BCUT2D eigenvalue weighted by atomic mass is 35.5. The lowest BCUT2D eigenvalue weighted by atomic mass is 10.2. The molecule has 20 heavy (non-hydrogen) atoms. The minimum atomic E-state index is -0.362. The molecule has 4 nitrogen and oxygen atoms in total. The number of rotatable bonds is 4. The maximum atomic E-state index is 12.1. The number of thiazole rings is 1. The van der Waals surface area contributed by atoms with Gasteiger partial charge in [0.2, 0.25) is 5.91 Å². The number of halogens is 1. The molecule has 0 bridgehead atoms. The summed E-state index contributed by atoms with van der Waals surface area (Å²) >= 11 is 7.33. The summed E-state index contributed by atoms with van der Waals surface area (Å²) in [6.45, 7) is 5.65. The van der Waals surface area contributed by atoms with Crippen LogP contribution < -0.4 is 10.6 Å². The van der Waals surface area contributed by atoms with Gasteiger partial charge in [-0.25, -0.2) is 4.98 Å². The highest BCUT2D eigenvalue weighted by Gasteiger charge is 2.15. The van der Waals surface area contributed by atoms with Gasteiger partial charge in [0.05, 0.1) is 5.69 Å². The zero-order chi connectivity index (χ0) is 14.7. The normalized spacial score (nSPS) is 12.0. The summed E-state index contributed by atoms with van der Waals surface area (Å²) in [7, 11) is 0. The molecule has 0 aliphatic heterocycles. The number of anilines is 2. The Morgan fingerprint density at radius 1 is 1.40 bits per heavy atom. The number of nitrogens with one attached hydrogen (secondary N) is 2. The summed E-state index contributed by atoms with van der Waals surface area (Å²) in [6, 6.07) is 5.17. The Balaban J connectivity index is 2.00. The molecule has 0 spiro atoms. The average Bonchev–Trinajstić information content (AvgIpc) is 2.78. The number of nitrogens with zero attached hydrogens (tertiary/aromatic N) is 1. The van der Waals surface area contributed by atoms with E-state index in [1.54, 1.807) is 6.07 Å². The molecule has 1 aromatic heterocycles. The van der Waals surface area contributed by atoms with E-state index in [1.807, 2.05) is 38.3 Å². The number of carbonyl (C=O) groups is 1. The Morgan fingerprint density at radius 2 is 2.15 bits per heavy atom. The van der Waals surface area contributed by atoms with Gasteiger partial charge in [-0.1, -0.05) is 11.6 Å². The van der Waals surface area contributed by atoms with Crippen molar-refractivity contribution < 1.29 is 4.79 Å². The fraction of sp³-hybridized carbons (Fsp3) is 0.286. The highest BCUT2D eigenvalue weighted by molar-refractivity contribution is 7.13. The predicted octanol–water partition coefficient (Wildman–Crippen LogP) is 3.85. The maximum Gasteiger partial charge on any atom is 0.248 e. The zero-order valence-electron chi connectivity index (χ0n) is 11.5. The number of hydrogen-bond acceptors (Lipinski definition) is 4. The molecule has 0 saturated carbocycles. The molecule has 0 fully saturated rings. The number of hydrogen-bond donors (Lipinski definition) is 2. The molecule has 2 N–H and O–H groups in total. The van der Waals surface area contributed by atoms with Crippen molar-refractivity contribution in [2.24, 2.45) is 0 Å². The summed E-state index contributed by atoms with van der Waals surface area (Å²) < 4.78 is 0. The first kappa shape index (κ1) is 14.8. The molecule has 0 aliphatic carbocycles. The van der Waals surface area contributed by atoms with Crippen molar-refractivity contribution in [1.82, 2.24) is 4.98 Å². The van der Waals surface area contributed by atoms with Crippen molar-refractivity contribution in [3.05, 3.63) is 39.9 Å². The number of aryl methyl sites for hydroxylation is 2. The van der Waals surface area contributed by atoms with Gasteiger partial charge in [0.15, 0.2) is 5.13 Å². The van der Waals surface area contributed by atoms with Gasteiger partial charge in [-0.15, -0.1) is 11.3 Å². The molecule has 2 rings (SSSR count). The maximum absolute atomic E-state index is 12.1. The summed E-state index contributed by atoms with van der Waals surface area (Å²) in [5, 5.41) is 9.17. The van der Waals surface area contributed by atoms with Crippen molar-refractivity contribution in [2.45, 2.75) is 26.8 Å². The Bertz CT molecular complexity index is 627. The summed E-state index contributed by atoms with van der Waals surface area (Å²) in [4.78, 5) is 16.3. The van der Waals surface area contributed by atoms with E-state index in [0.717, 1.165) is 16.9 Å². The van der Waals surface area contributed by atoms with Crippen molar-refractivity contribution >= 4 is 39.7 Å². The molecule has 0 saturated heterocycles. The van der Waals surface area contributed by atoms with Crippen LogP contribution in [0.3, 0.4) is 0 Å². The monoisotopic (exact) mass is 309 g/mol. The fourth-order valence-electron chi connectivity index (χ4n) is 1.71. The average molecular weight is 310 g/mol. The molecule has 106 valence electrons. The Labute approximate surface area is 127 Å². The van der Waals surface area contributed by atoms with E-state index in [0.29, 0.717) is 10.2 Å². The second-order valence-corrected chi connectivity index (χ2v) is 5.90. The molecular weight excluding hydrogens is 294 g/mol. The zero-order valence-corrected chi connectivity index (χ0v) is 13.1. The number of aromatic nitrogens is 1. The van der Waals surface area contributed by atoms with Gasteiger partial charge < -0.3 is 10.6 Å². The third kappa shape index (κ3) is 3.71. The van der Waals surface area contributed by atoms with Gasteiger partial charge in [-0.2, -0.15) is 0 Å². The first-order chi connectivity index (χ1) is 9.45. The van der Waals surface area contributed by atoms with Gasteiger partial charge in [0, 0.05) is 16.1 Å². The lowest BCUT2D eigenvalue weighted by Gasteiger charge is -2.16. The van der Waals surface area contributed by atoms with Gasteiger partial charge in [-0.3, -0.25) is 4.79 Å². The van der Waals surface area contributed by atoms with Crippen molar-refractivity contribution in [2.75, 3.05) is 10.6 Å². The van der Waals surface area contributed by atoms with Crippen molar-refractivity contribution in [3.63, 3.8) is 0 Å². The van der Waals surface area contributed by atoms with Crippen LogP contribution in [0.4, 0.5) is 10.8 Å². The standard InChI is InChI=1S/C14H16ClN3OS/c1-8-6-11(15)4-5-12(8)17-10(3)13(19)18-14-16-9(2)7-20-14/h4-7,10,17H,1-3H3,(H,16,18,19)/t10-/m1/s1.